The van der Waals surface area contributed by atoms with Crippen molar-refractivity contribution >= 4 is 39.0 Å². The Hall–Kier alpha value is -5.86. The highest BCUT2D eigenvalue weighted by Gasteiger charge is 2.40. The quantitative estimate of drug-likeness (QED) is 0.190. The third kappa shape index (κ3) is 3.96. The summed E-state index contributed by atoms with van der Waals surface area (Å²) in [6.45, 7) is 9.49. The lowest BCUT2D eigenvalue weighted by Gasteiger charge is -2.34. The molecular formula is C48H37NO. The van der Waals surface area contributed by atoms with Crippen molar-refractivity contribution in [2.24, 2.45) is 0 Å². The summed E-state index contributed by atoms with van der Waals surface area (Å²) in [6.07, 6.45) is 0. The first-order valence-corrected chi connectivity index (χ1v) is 17.6. The maximum Gasteiger partial charge on any atom is 0.135 e. The number of benzene rings is 7. The summed E-state index contributed by atoms with van der Waals surface area (Å²) in [5.41, 5.74) is 18.1. The zero-order valence-corrected chi connectivity index (χ0v) is 28.8. The molecule has 2 nitrogen and oxygen atoms in total. The summed E-state index contributed by atoms with van der Waals surface area (Å²) in [5, 5.41) is 2.27. The van der Waals surface area contributed by atoms with E-state index in [1.165, 1.54) is 55.8 Å². The van der Waals surface area contributed by atoms with E-state index in [-0.39, 0.29) is 10.8 Å². The second kappa shape index (κ2) is 10.3. The molecule has 0 saturated heterocycles. The zero-order valence-electron chi connectivity index (χ0n) is 28.8. The van der Waals surface area contributed by atoms with E-state index in [0.717, 1.165) is 38.9 Å². The SMILES string of the molecule is CC1(C)c2ccccc2-c2ccc(N(c3ccccc3-c3ccc4oc5ccccc5c4c3)c3cccc4c3C(C)(C)c3ccccc3-4)cc21. The second-order valence-corrected chi connectivity index (χ2v) is 14.9. The summed E-state index contributed by atoms with van der Waals surface area (Å²) < 4.78 is 6.24. The van der Waals surface area contributed by atoms with E-state index in [9.17, 15) is 0 Å². The van der Waals surface area contributed by atoms with E-state index in [2.05, 4.69) is 172 Å². The molecule has 2 heteroatoms. The molecular weight excluding hydrogens is 607 g/mol. The number of furan rings is 1. The molecule has 0 radical (unpaired) electrons. The van der Waals surface area contributed by atoms with Gasteiger partial charge < -0.3 is 9.32 Å². The van der Waals surface area contributed by atoms with Crippen LogP contribution < -0.4 is 4.90 Å². The van der Waals surface area contributed by atoms with Crippen molar-refractivity contribution in [3.63, 3.8) is 0 Å². The van der Waals surface area contributed by atoms with Gasteiger partial charge in [0.1, 0.15) is 11.2 Å². The molecule has 50 heavy (non-hydrogen) atoms. The lowest BCUT2D eigenvalue weighted by atomic mass is 9.80. The molecule has 2 aliphatic carbocycles. The fourth-order valence-electron chi connectivity index (χ4n) is 9.05. The van der Waals surface area contributed by atoms with Crippen molar-refractivity contribution in [2.75, 3.05) is 4.90 Å². The molecule has 1 aromatic heterocycles. The molecule has 2 aliphatic rings. The van der Waals surface area contributed by atoms with Gasteiger partial charge in [-0.2, -0.15) is 0 Å². The number of fused-ring (bicyclic) bond motifs is 9. The number of para-hydroxylation sites is 2. The molecule has 240 valence electrons. The van der Waals surface area contributed by atoms with Crippen LogP contribution in [0.25, 0.3) is 55.3 Å². The van der Waals surface area contributed by atoms with Crippen molar-refractivity contribution in [1.29, 1.82) is 0 Å². The number of rotatable bonds is 4. The number of anilines is 3. The Balaban J connectivity index is 1.24. The highest BCUT2D eigenvalue weighted by atomic mass is 16.3. The average molecular weight is 644 g/mol. The van der Waals surface area contributed by atoms with Crippen LogP contribution in [-0.4, -0.2) is 0 Å². The lowest BCUT2D eigenvalue weighted by Crippen LogP contribution is -2.21. The molecule has 0 aliphatic heterocycles. The molecule has 7 aromatic carbocycles. The van der Waals surface area contributed by atoms with Crippen LogP contribution in [0.2, 0.25) is 0 Å². The van der Waals surface area contributed by atoms with Gasteiger partial charge in [0.15, 0.2) is 0 Å². The third-order valence-corrected chi connectivity index (χ3v) is 11.5. The molecule has 8 aromatic rings. The minimum Gasteiger partial charge on any atom is -0.456 e. The van der Waals surface area contributed by atoms with Crippen molar-refractivity contribution < 1.29 is 4.42 Å². The minimum absolute atomic E-state index is 0.116. The fourth-order valence-corrected chi connectivity index (χ4v) is 9.05. The summed E-state index contributed by atoms with van der Waals surface area (Å²) in [5.74, 6) is 0. The maximum atomic E-state index is 6.24. The molecule has 0 amide bonds. The van der Waals surface area contributed by atoms with Crippen LogP contribution in [0.3, 0.4) is 0 Å². The summed E-state index contributed by atoms with van der Waals surface area (Å²) >= 11 is 0. The van der Waals surface area contributed by atoms with Gasteiger partial charge in [-0.05, 0) is 92.5 Å². The van der Waals surface area contributed by atoms with Gasteiger partial charge in [-0.3, -0.25) is 0 Å². The van der Waals surface area contributed by atoms with E-state index >= 15 is 0 Å². The smallest absolute Gasteiger partial charge is 0.135 e. The van der Waals surface area contributed by atoms with E-state index in [4.69, 9.17) is 4.42 Å². The first kappa shape index (κ1) is 29.1. The topological polar surface area (TPSA) is 16.4 Å². The molecule has 10 rings (SSSR count). The molecule has 0 N–H and O–H groups in total. The minimum atomic E-state index is -0.184. The Morgan fingerprint density at radius 2 is 1.02 bits per heavy atom. The first-order chi connectivity index (χ1) is 24.3. The summed E-state index contributed by atoms with van der Waals surface area (Å²) in [6, 6.07) is 55.7. The molecule has 0 bridgehead atoms. The predicted octanol–water partition coefficient (Wildman–Crippen LogP) is 13.3. The van der Waals surface area contributed by atoms with Gasteiger partial charge in [-0.25, -0.2) is 0 Å². The van der Waals surface area contributed by atoms with E-state index in [1.807, 2.05) is 12.1 Å². The van der Waals surface area contributed by atoms with Gasteiger partial charge in [0, 0.05) is 32.9 Å². The lowest BCUT2D eigenvalue weighted by molar-refractivity contribution is 0.658. The second-order valence-electron chi connectivity index (χ2n) is 14.9. The number of hydrogen-bond acceptors (Lipinski definition) is 2. The molecule has 0 fully saturated rings. The largest absolute Gasteiger partial charge is 0.456 e. The van der Waals surface area contributed by atoms with Crippen LogP contribution in [0, 0.1) is 0 Å². The van der Waals surface area contributed by atoms with Crippen molar-refractivity contribution in [3.8, 4) is 33.4 Å². The Bertz CT molecular complexity index is 2670. The molecule has 0 saturated carbocycles. The van der Waals surface area contributed by atoms with Gasteiger partial charge in [0.25, 0.3) is 0 Å². The third-order valence-electron chi connectivity index (χ3n) is 11.5. The van der Waals surface area contributed by atoms with Crippen LogP contribution in [0.5, 0.6) is 0 Å². The number of hydrogen-bond donors (Lipinski definition) is 0. The Morgan fingerprint density at radius 1 is 0.420 bits per heavy atom. The summed E-state index contributed by atoms with van der Waals surface area (Å²) in [4.78, 5) is 2.53. The molecule has 0 spiro atoms. The van der Waals surface area contributed by atoms with Crippen LogP contribution in [0.15, 0.2) is 156 Å². The molecule has 0 atom stereocenters. The van der Waals surface area contributed by atoms with Crippen LogP contribution in [0.1, 0.15) is 49.9 Å². The Labute approximate surface area is 293 Å². The highest BCUT2D eigenvalue weighted by Crippen LogP contribution is 2.56. The molecule has 0 unspecified atom stereocenters. The predicted molar refractivity (Wildman–Crippen MR) is 209 cm³/mol. The van der Waals surface area contributed by atoms with Crippen LogP contribution in [-0.2, 0) is 10.8 Å². The van der Waals surface area contributed by atoms with Crippen molar-refractivity contribution in [1.82, 2.24) is 0 Å². The zero-order chi connectivity index (χ0) is 33.8. The Morgan fingerprint density at radius 3 is 1.84 bits per heavy atom. The number of nitrogens with zero attached hydrogens (tertiary/aromatic N) is 1. The highest BCUT2D eigenvalue weighted by molar-refractivity contribution is 6.07. The van der Waals surface area contributed by atoms with Crippen molar-refractivity contribution in [2.45, 2.75) is 38.5 Å². The van der Waals surface area contributed by atoms with E-state index < -0.39 is 0 Å². The van der Waals surface area contributed by atoms with Crippen LogP contribution in [0.4, 0.5) is 17.1 Å². The Kier molecular flexibility index (Phi) is 6.01. The van der Waals surface area contributed by atoms with Gasteiger partial charge >= 0.3 is 0 Å². The molecule has 1 heterocycles. The maximum absolute atomic E-state index is 6.24. The van der Waals surface area contributed by atoms with Crippen molar-refractivity contribution in [3.05, 3.63) is 174 Å². The van der Waals surface area contributed by atoms with E-state index in [1.54, 1.807) is 0 Å². The normalized spacial score (nSPS) is 14.7. The van der Waals surface area contributed by atoms with Gasteiger partial charge in [-0.1, -0.05) is 137 Å². The average Bonchev–Trinajstić information content (AvgIpc) is 3.72. The van der Waals surface area contributed by atoms with E-state index in [0.29, 0.717) is 0 Å². The van der Waals surface area contributed by atoms with Gasteiger partial charge in [0.2, 0.25) is 0 Å². The van der Waals surface area contributed by atoms with Crippen LogP contribution >= 0.6 is 0 Å². The fraction of sp³-hybridized carbons (Fsp3) is 0.125. The standard InChI is InChI=1S/C48H37NO/c1-47(2)39-19-9-5-15-33(39)35-26-25-31(29-41(35)47)49(43-22-13-18-37-34-16-6-10-20-40(34)48(3,4)46(37)43)42-21-11-7-14-32(42)30-24-27-45-38(28-30)36-17-8-12-23-44(36)50-45/h5-29H,1-4H3. The first-order valence-electron chi connectivity index (χ1n) is 17.6. The van der Waals surface area contributed by atoms with Gasteiger partial charge in [-0.15, -0.1) is 0 Å². The monoisotopic (exact) mass is 643 g/mol. The van der Waals surface area contributed by atoms with Gasteiger partial charge in [0.05, 0.1) is 11.4 Å². The summed E-state index contributed by atoms with van der Waals surface area (Å²) in [7, 11) is 0.